The normalized spacial score (nSPS) is 10.9. The van der Waals surface area contributed by atoms with E-state index in [0.29, 0.717) is 17.4 Å². The molecule has 0 amide bonds. The summed E-state index contributed by atoms with van der Waals surface area (Å²) < 4.78 is 1.68. The summed E-state index contributed by atoms with van der Waals surface area (Å²) in [5.41, 5.74) is 2.77. The Hall–Kier alpha value is -2.20. The molecule has 1 aromatic carbocycles. The Kier molecular flexibility index (Phi) is 3.24. The van der Waals surface area contributed by atoms with Crippen LogP contribution in [0.3, 0.4) is 0 Å². The summed E-state index contributed by atoms with van der Waals surface area (Å²) >= 11 is 6.08. The molecule has 2 heterocycles. The largest absolute Gasteiger partial charge is 0.301 e. The van der Waals surface area contributed by atoms with Crippen molar-refractivity contribution in [2.24, 2.45) is 0 Å². The van der Waals surface area contributed by atoms with Crippen molar-refractivity contribution < 1.29 is 0 Å². The van der Waals surface area contributed by atoms with E-state index in [4.69, 9.17) is 11.6 Å². The van der Waals surface area contributed by atoms with Gasteiger partial charge in [-0.25, -0.2) is 9.97 Å². The average molecular weight is 286 g/mol. The minimum atomic E-state index is -0.108. The zero-order valence-electron chi connectivity index (χ0n) is 10.9. The van der Waals surface area contributed by atoms with Crippen LogP contribution in [0.15, 0.2) is 47.4 Å². The highest BCUT2D eigenvalue weighted by molar-refractivity contribution is 6.30. The summed E-state index contributed by atoms with van der Waals surface area (Å²) in [7, 11) is 0. The van der Waals surface area contributed by atoms with Crippen molar-refractivity contribution in [3.05, 3.63) is 69.4 Å². The third kappa shape index (κ3) is 2.18. The highest BCUT2D eigenvalue weighted by Gasteiger charge is 2.10. The number of hydrogen-bond donors (Lipinski definition) is 0. The van der Waals surface area contributed by atoms with Crippen molar-refractivity contribution in [1.82, 2.24) is 14.5 Å². The van der Waals surface area contributed by atoms with Gasteiger partial charge in [-0.2, -0.15) is 0 Å². The highest BCUT2D eigenvalue weighted by atomic mass is 35.5. The lowest BCUT2D eigenvalue weighted by Crippen LogP contribution is -2.24. The third-order valence-corrected chi connectivity index (χ3v) is 3.52. The Balaban J connectivity index is 2.23. The van der Waals surface area contributed by atoms with Gasteiger partial charge in [0.05, 0.1) is 17.6 Å². The van der Waals surface area contributed by atoms with Gasteiger partial charge in [-0.1, -0.05) is 29.8 Å². The first-order valence-electron chi connectivity index (χ1n) is 6.22. The number of benzene rings is 1. The predicted octanol–water partition coefficient (Wildman–Crippen LogP) is 2.80. The fraction of sp³-hybridized carbons (Fsp3) is 0.133. The quantitative estimate of drug-likeness (QED) is 0.680. The summed E-state index contributed by atoms with van der Waals surface area (Å²) in [5.74, 6) is 0. The van der Waals surface area contributed by atoms with E-state index in [0.717, 1.165) is 16.6 Å². The maximum absolute atomic E-state index is 12.3. The second kappa shape index (κ2) is 5.06. The Morgan fingerprint density at radius 2 is 2.00 bits per heavy atom. The highest BCUT2D eigenvalue weighted by Crippen LogP contribution is 2.16. The zero-order chi connectivity index (χ0) is 14.1. The van der Waals surface area contributed by atoms with Crippen LogP contribution in [0.1, 0.15) is 11.3 Å². The molecule has 100 valence electrons. The van der Waals surface area contributed by atoms with Crippen molar-refractivity contribution >= 4 is 22.6 Å². The number of aryl methyl sites for hydroxylation is 1. The first-order valence-corrected chi connectivity index (χ1v) is 6.60. The molecule has 0 spiro atoms. The molecular formula is C15H12ClN3O. The van der Waals surface area contributed by atoms with Crippen molar-refractivity contribution in [2.45, 2.75) is 13.5 Å². The van der Waals surface area contributed by atoms with Crippen molar-refractivity contribution in [3.8, 4) is 0 Å². The lowest BCUT2D eigenvalue weighted by molar-refractivity contribution is 0.773. The minimum absolute atomic E-state index is 0.108. The average Bonchev–Trinajstić information content (AvgIpc) is 2.46. The SMILES string of the molecule is Cc1nc2ccccc2n(Cc2cccnc2Cl)c1=O. The number of rotatable bonds is 2. The number of pyridine rings is 1. The van der Waals surface area contributed by atoms with Gasteiger partial charge in [0.2, 0.25) is 0 Å². The molecule has 0 aliphatic heterocycles. The number of para-hydroxylation sites is 2. The summed E-state index contributed by atoms with van der Waals surface area (Å²) in [6, 6.07) is 11.2. The van der Waals surface area contributed by atoms with Crippen LogP contribution in [0, 0.1) is 6.92 Å². The minimum Gasteiger partial charge on any atom is -0.301 e. The molecule has 0 fully saturated rings. The lowest BCUT2D eigenvalue weighted by atomic mass is 10.2. The summed E-state index contributed by atoms with van der Waals surface area (Å²) in [6.45, 7) is 2.10. The summed E-state index contributed by atoms with van der Waals surface area (Å²) in [6.07, 6.45) is 1.63. The van der Waals surface area contributed by atoms with Crippen LogP contribution in [-0.4, -0.2) is 14.5 Å². The van der Waals surface area contributed by atoms with Crippen LogP contribution >= 0.6 is 11.6 Å². The van der Waals surface area contributed by atoms with Crippen LogP contribution in [0.2, 0.25) is 5.15 Å². The second-order valence-electron chi connectivity index (χ2n) is 4.53. The van der Waals surface area contributed by atoms with Crippen LogP contribution in [0.4, 0.5) is 0 Å². The Bertz CT molecular complexity index is 842. The first kappa shape index (κ1) is 12.8. The molecule has 0 saturated carbocycles. The number of aromatic nitrogens is 3. The molecule has 0 bridgehead atoms. The molecule has 5 heteroatoms. The molecule has 20 heavy (non-hydrogen) atoms. The topological polar surface area (TPSA) is 47.8 Å². The van der Waals surface area contributed by atoms with E-state index in [9.17, 15) is 4.79 Å². The standard InChI is InChI=1S/C15H12ClN3O/c1-10-15(20)19(9-11-5-4-8-17-14(11)16)13-7-3-2-6-12(13)18-10/h2-8H,9H2,1H3. The molecular weight excluding hydrogens is 274 g/mol. The Labute approximate surface area is 120 Å². The van der Waals surface area contributed by atoms with Crippen molar-refractivity contribution in [2.75, 3.05) is 0 Å². The van der Waals surface area contributed by atoms with Gasteiger partial charge in [0, 0.05) is 11.8 Å². The molecule has 0 saturated heterocycles. The van der Waals surface area contributed by atoms with Gasteiger partial charge in [-0.15, -0.1) is 0 Å². The number of nitrogens with zero attached hydrogens (tertiary/aromatic N) is 3. The van der Waals surface area contributed by atoms with Gasteiger partial charge < -0.3 is 4.57 Å². The van der Waals surface area contributed by atoms with Gasteiger partial charge in [-0.3, -0.25) is 4.79 Å². The van der Waals surface area contributed by atoms with E-state index in [2.05, 4.69) is 9.97 Å². The van der Waals surface area contributed by atoms with E-state index in [-0.39, 0.29) is 5.56 Å². The molecule has 0 unspecified atom stereocenters. The van der Waals surface area contributed by atoms with E-state index < -0.39 is 0 Å². The monoisotopic (exact) mass is 285 g/mol. The third-order valence-electron chi connectivity index (χ3n) is 3.18. The molecule has 0 N–H and O–H groups in total. The molecule has 0 aliphatic carbocycles. The van der Waals surface area contributed by atoms with Crippen LogP contribution in [0.25, 0.3) is 11.0 Å². The van der Waals surface area contributed by atoms with Gasteiger partial charge in [0.25, 0.3) is 5.56 Å². The maximum atomic E-state index is 12.3. The maximum Gasteiger partial charge on any atom is 0.272 e. The van der Waals surface area contributed by atoms with Crippen molar-refractivity contribution in [1.29, 1.82) is 0 Å². The molecule has 0 radical (unpaired) electrons. The number of fused-ring (bicyclic) bond motifs is 1. The van der Waals surface area contributed by atoms with E-state index >= 15 is 0 Å². The zero-order valence-corrected chi connectivity index (χ0v) is 11.6. The van der Waals surface area contributed by atoms with E-state index in [1.54, 1.807) is 17.7 Å². The fourth-order valence-electron chi connectivity index (χ4n) is 2.18. The van der Waals surface area contributed by atoms with Crippen molar-refractivity contribution in [3.63, 3.8) is 0 Å². The molecule has 2 aromatic heterocycles. The molecule has 3 rings (SSSR count). The smallest absolute Gasteiger partial charge is 0.272 e. The van der Waals surface area contributed by atoms with E-state index in [1.807, 2.05) is 36.4 Å². The van der Waals surface area contributed by atoms with Gasteiger partial charge in [0.1, 0.15) is 10.8 Å². The fourth-order valence-corrected chi connectivity index (χ4v) is 2.36. The molecule has 0 atom stereocenters. The number of halogens is 1. The van der Waals surface area contributed by atoms with Gasteiger partial charge in [-0.05, 0) is 25.1 Å². The Morgan fingerprint density at radius 1 is 1.20 bits per heavy atom. The summed E-state index contributed by atoms with van der Waals surface area (Å²) in [4.78, 5) is 20.7. The van der Waals surface area contributed by atoms with Gasteiger partial charge in [0.15, 0.2) is 0 Å². The van der Waals surface area contributed by atoms with E-state index in [1.165, 1.54) is 0 Å². The first-order chi connectivity index (χ1) is 9.66. The van der Waals surface area contributed by atoms with Crippen LogP contribution < -0.4 is 5.56 Å². The molecule has 0 aliphatic rings. The summed E-state index contributed by atoms with van der Waals surface area (Å²) in [5, 5.41) is 0.415. The predicted molar refractivity (Wildman–Crippen MR) is 79.1 cm³/mol. The Morgan fingerprint density at radius 3 is 2.80 bits per heavy atom. The van der Waals surface area contributed by atoms with Crippen LogP contribution in [-0.2, 0) is 6.54 Å². The second-order valence-corrected chi connectivity index (χ2v) is 4.89. The number of hydrogen-bond acceptors (Lipinski definition) is 3. The molecule has 4 nitrogen and oxygen atoms in total. The lowest BCUT2D eigenvalue weighted by Gasteiger charge is -2.11. The van der Waals surface area contributed by atoms with Gasteiger partial charge >= 0.3 is 0 Å². The van der Waals surface area contributed by atoms with Crippen LogP contribution in [0.5, 0.6) is 0 Å². The molecule has 3 aromatic rings.